The fraction of sp³-hybridized carbons (Fsp3) is 0.625. The summed E-state index contributed by atoms with van der Waals surface area (Å²) in [7, 11) is 3.71. The molecule has 4 nitrogen and oxygen atoms in total. The van der Waals surface area contributed by atoms with Crippen molar-refractivity contribution in [2.24, 2.45) is 0 Å². The van der Waals surface area contributed by atoms with Crippen LogP contribution < -0.4 is 10.2 Å². The van der Waals surface area contributed by atoms with Crippen molar-refractivity contribution < 1.29 is 13.9 Å². The number of hydrogen-bond acceptors (Lipinski definition) is 4. The minimum absolute atomic E-state index is 0.201. The quantitative estimate of drug-likeness (QED) is 0.746. The van der Waals surface area contributed by atoms with Gasteiger partial charge in [-0.25, -0.2) is 4.39 Å². The summed E-state index contributed by atoms with van der Waals surface area (Å²) in [5.41, 5.74) is 2.02. The molecule has 1 unspecified atom stereocenters. The topological polar surface area (TPSA) is 33.7 Å². The van der Waals surface area contributed by atoms with Crippen LogP contribution in [0.25, 0.3) is 0 Å². The Balaban J connectivity index is 1.98. The lowest BCUT2D eigenvalue weighted by molar-refractivity contribution is 0.116. The molecule has 0 radical (unpaired) electrons. The van der Waals surface area contributed by atoms with Gasteiger partial charge in [0.2, 0.25) is 0 Å². The second-order valence-electron chi connectivity index (χ2n) is 5.46. The molecule has 1 N–H and O–H groups in total. The Hall–Kier alpha value is -1.17. The molecule has 1 aromatic carbocycles. The van der Waals surface area contributed by atoms with Crippen LogP contribution in [0.5, 0.6) is 0 Å². The number of benzene rings is 1. The van der Waals surface area contributed by atoms with E-state index in [1.54, 1.807) is 13.2 Å². The molecule has 0 aliphatic carbocycles. The van der Waals surface area contributed by atoms with E-state index < -0.39 is 0 Å². The van der Waals surface area contributed by atoms with Crippen LogP contribution in [0.1, 0.15) is 18.4 Å². The summed E-state index contributed by atoms with van der Waals surface area (Å²) in [5, 5.41) is 3.27. The van der Waals surface area contributed by atoms with E-state index in [0.29, 0.717) is 13.2 Å². The second-order valence-corrected chi connectivity index (χ2v) is 5.46. The third-order valence-electron chi connectivity index (χ3n) is 3.75. The fourth-order valence-electron chi connectivity index (χ4n) is 2.66. The Bertz CT molecular complexity index is 436. The number of nitrogens with one attached hydrogen (secondary N) is 1. The fourth-order valence-corrected chi connectivity index (χ4v) is 2.66. The second kappa shape index (κ2) is 8.32. The molecule has 1 saturated heterocycles. The van der Waals surface area contributed by atoms with Crippen molar-refractivity contribution in [2.75, 3.05) is 45.4 Å². The van der Waals surface area contributed by atoms with E-state index in [-0.39, 0.29) is 11.9 Å². The Kier molecular flexibility index (Phi) is 6.42. The highest BCUT2D eigenvalue weighted by atomic mass is 19.1. The number of ether oxygens (including phenoxy) is 2. The number of nitrogens with zero attached hydrogens (tertiary/aromatic N) is 1. The molecule has 5 heteroatoms. The van der Waals surface area contributed by atoms with Gasteiger partial charge in [0.1, 0.15) is 5.82 Å². The molecular formula is C16H25FN2O2. The minimum Gasteiger partial charge on any atom is -0.383 e. The van der Waals surface area contributed by atoms with Gasteiger partial charge in [0.05, 0.1) is 12.7 Å². The molecule has 1 atom stereocenters. The van der Waals surface area contributed by atoms with Gasteiger partial charge in [-0.05, 0) is 36.6 Å². The zero-order valence-electron chi connectivity index (χ0n) is 12.9. The molecule has 0 amide bonds. The average Bonchev–Trinajstić information content (AvgIpc) is 2.96. The zero-order valence-corrected chi connectivity index (χ0v) is 12.9. The summed E-state index contributed by atoms with van der Waals surface area (Å²) in [6.07, 6.45) is 2.52. The molecule has 21 heavy (non-hydrogen) atoms. The first kappa shape index (κ1) is 16.2. The first-order valence-corrected chi connectivity index (χ1v) is 7.51. The number of hydrogen-bond donors (Lipinski definition) is 1. The predicted octanol–water partition coefficient (Wildman–Crippen LogP) is 2.18. The van der Waals surface area contributed by atoms with Gasteiger partial charge < -0.3 is 19.7 Å². The van der Waals surface area contributed by atoms with Gasteiger partial charge in [-0.2, -0.15) is 0 Å². The van der Waals surface area contributed by atoms with Crippen molar-refractivity contribution in [3.8, 4) is 0 Å². The molecular weight excluding hydrogens is 271 g/mol. The molecule has 1 fully saturated rings. The average molecular weight is 296 g/mol. The van der Waals surface area contributed by atoms with Crippen molar-refractivity contribution in [1.29, 1.82) is 0 Å². The monoisotopic (exact) mass is 296 g/mol. The Labute approximate surface area is 126 Å². The first-order valence-electron chi connectivity index (χ1n) is 7.51. The Morgan fingerprint density at radius 2 is 2.33 bits per heavy atom. The third-order valence-corrected chi connectivity index (χ3v) is 3.75. The molecule has 0 saturated carbocycles. The number of anilines is 1. The number of rotatable bonds is 8. The van der Waals surface area contributed by atoms with Crippen molar-refractivity contribution in [1.82, 2.24) is 5.32 Å². The van der Waals surface area contributed by atoms with Crippen LogP contribution in [0.15, 0.2) is 18.2 Å². The summed E-state index contributed by atoms with van der Waals surface area (Å²) >= 11 is 0. The molecule has 1 heterocycles. The number of methoxy groups -OCH3 is 1. The summed E-state index contributed by atoms with van der Waals surface area (Å²) in [6.45, 7) is 3.73. The maximum absolute atomic E-state index is 13.5. The molecule has 1 aromatic rings. The third kappa shape index (κ3) is 4.95. The highest BCUT2D eigenvalue weighted by Gasteiger charge is 2.19. The van der Waals surface area contributed by atoms with E-state index in [2.05, 4.69) is 10.2 Å². The van der Waals surface area contributed by atoms with E-state index >= 15 is 0 Å². The van der Waals surface area contributed by atoms with Crippen LogP contribution >= 0.6 is 0 Å². The SMILES string of the molecule is COCCNCc1cc(F)ccc1N(C)CC1CCCO1. The first-order chi connectivity index (χ1) is 10.2. The van der Waals surface area contributed by atoms with E-state index in [4.69, 9.17) is 9.47 Å². The van der Waals surface area contributed by atoms with Crippen LogP contribution in [0.4, 0.5) is 10.1 Å². The van der Waals surface area contributed by atoms with Crippen LogP contribution in [-0.2, 0) is 16.0 Å². The summed E-state index contributed by atoms with van der Waals surface area (Å²) in [6, 6.07) is 4.96. The van der Waals surface area contributed by atoms with Crippen LogP contribution in [0, 0.1) is 5.82 Å². The molecule has 118 valence electrons. The summed E-state index contributed by atoms with van der Waals surface area (Å²) < 4.78 is 24.2. The minimum atomic E-state index is -0.201. The lowest BCUT2D eigenvalue weighted by Crippen LogP contribution is -2.30. The van der Waals surface area contributed by atoms with E-state index in [1.165, 1.54) is 6.07 Å². The summed E-state index contributed by atoms with van der Waals surface area (Å²) in [4.78, 5) is 2.16. The van der Waals surface area contributed by atoms with Gasteiger partial charge in [0.15, 0.2) is 0 Å². The van der Waals surface area contributed by atoms with Gasteiger partial charge in [0, 0.05) is 46.1 Å². The van der Waals surface area contributed by atoms with Crippen molar-refractivity contribution in [3.05, 3.63) is 29.6 Å². The normalized spacial score (nSPS) is 18.1. The van der Waals surface area contributed by atoms with Crippen LogP contribution in [0.2, 0.25) is 0 Å². The molecule has 1 aliphatic heterocycles. The number of likely N-dealkylation sites (N-methyl/N-ethyl adjacent to an activating group) is 1. The largest absolute Gasteiger partial charge is 0.383 e. The Morgan fingerprint density at radius 1 is 1.48 bits per heavy atom. The molecule has 0 aromatic heterocycles. The molecule has 0 bridgehead atoms. The lowest BCUT2D eigenvalue weighted by atomic mass is 10.1. The van der Waals surface area contributed by atoms with Gasteiger partial charge in [-0.15, -0.1) is 0 Å². The lowest BCUT2D eigenvalue weighted by Gasteiger charge is -2.25. The molecule has 2 rings (SSSR count). The maximum atomic E-state index is 13.5. The van der Waals surface area contributed by atoms with Gasteiger partial charge in [-0.3, -0.25) is 0 Å². The Morgan fingerprint density at radius 3 is 3.05 bits per heavy atom. The smallest absolute Gasteiger partial charge is 0.123 e. The van der Waals surface area contributed by atoms with Gasteiger partial charge >= 0.3 is 0 Å². The van der Waals surface area contributed by atoms with E-state index in [1.807, 2.05) is 13.1 Å². The van der Waals surface area contributed by atoms with Crippen LogP contribution in [-0.4, -0.2) is 46.6 Å². The highest BCUT2D eigenvalue weighted by Crippen LogP contribution is 2.23. The predicted molar refractivity (Wildman–Crippen MR) is 82.2 cm³/mol. The molecule has 1 aliphatic rings. The van der Waals surface area contributed by atoms with Crippen molar-refractivity contribution in [3.63, 3.8) is 0 Å². The van der Waals surface area contributed by atoms with E-state index in [0.717, 1.165) is 43.8 Å². The number of halogens is 1. The van der Waals surface area contributed by atoms with Crippen LogP contribution in [0.3, 0.4) is 0 Å². The van der Waals surface area contributed by atoms with Crippen molar-refractivity contribution >= 4 is 5.69 Å². The van der Waals surface area contributed by atoms with Gasteiger partial charge in [0.25, 0.3) is 0 Å². The highest BCUT2D eigenvalue weighted by molar-refractivity contribution is 5.53. The van der Waals surface area contributed by atoms with Gasteiger partial charge in [-0.1, -0.05) is 0 Å². The zero-order chi connectivity index (χ0) is 15.1. The van der Waals surface area contributed by atoms with E-state index in [9.17, 15) is 4.39 Å². The molecule has 0 spiro atoms. The summed E-state index contributed by atoms with van der Waals surface area (Å²) in [5.74, 6) is -0.201. The standard InChI is InChI=1S/C16H25FN2O2/c1-19(12-15-4-3-8-21-15)16-6-5-14(17)10-13(16)11-18-7-9-20-2/h5-6,10,15,18H,3-4,7-9,11-12H2,1-2H3. The maximum Gasteiger partial charge on any atom is 0.123 e. The van der Waals surface area contributed by atoms with Crippen molar-refractivity contribution in [2.45, 2.75) is 25.5 Å².